The van der Waals surface area contributed by atoms with E-state index in [4.69, 9.17) is 0 Å². The first-order chi connectivity index (χ1) is 8.79. The van der Waals surface area contributed by atoms with Crippen molar-refractivity contribution in [1.29, 1.82) is 0 Å². The Morgan fingerprint density at radius 3 is 2.72 bits per heavy atom. The molecule has 18 heavy (non-hydrogen) atoms. The largest absolute Gasteiger partial charge is 0.317 e. The number of hydrogen-bond donors (Lipinski definition) is 1. The van der Waals surface area contributed by atoms with Crippen LogP contribution < -0.4 is 5.32 Å². The van der Waals surface area contributed by atoms with Crippen LogP contribution >= 0.6 is 11.3 Å². The Bertz CT molecular complexity index is 343. The van der Waals surface area contributed by atoms with E-state index in [1.54, 1.807) is 0 Å². The summed E-state index contributed by atoms with van der Waals surface area (Å²) in [5, 5.41) is 14.6. The zero-order valence-electron chi connectivity index (χ0n) is 11.6. The predicted octanol–water partition coefficient (Wildman–Crippen LogP) is 3.37. The molecule has 0 aromatic carbocycles. The maximum atomic E-state index is 4.41. The molecular weight excluding hydrogens is 242 g/mol. The number of nitrogens with zero attached hydrogens (tertiary/aromatic N) is 2. The van der Waals surface area contributed by atoms with Gasteiger partial charge >= 0.3 is 0 Å². The molecule has 2 rings (SSSR count). The number of hydrogen-bond acceptors (Lipinski definition) is 4. The first-order valence-corrected chi connectivity index (χ1v) is 8.14. The van der Waals surface area contributed by atoms with Crippen LogP contribution in [0.3, 0.4) is 0 Å². The fraction of sp³-hybridized carbons (Fsp3) is 0.857. The van der Waals surface area contributed by atoms with Crippen molar-refractivity contribution in [3.05, 3.63) is 10.0 Å². The van der Waals surface area contributed by atoms with Crippen LogP contribution in [0.15, 0.2) is 0 Å². The molecule has 1 aliphatic rings. The first kappa shape index (κ1) is 13.9. The zero-order chi connectivity index (χ0) is 12.8. The highest BCUT2D eigenvalue weighted by Crippen LogP contribution is 2.36. The molecule has 0 unspecified atom stereocenters. The van der Waals surface area contributed by atoms with Gasteiger partial charge in [-0.1, -0.05) is 26.7 Å². The van der Waals surface area contributed by atoms with Crippen molar-refractivity contribution >= 4 is 11.3 Å². The Morgan fingerprint density at radius 2 is 2.00 bits per heavy atom. The van der Waals surface area contributed by atoms with Gasteiger partial charge in [0, 0.05) is 12.3 Å². The normalized spacial score (nSPS) is 24.3. The topological polar surface area (TPSA) is 37.8 Å². The highest BCUT2D eigenvalue weighted by atomic mass is 32.1. The molecule has 1 aromatic heterocycles. The van der Waals surface area contributed by atoms with Crippen LogP contribution in [-0.4, -0.2) is 23.3 Å². The van der Waals surface area contributed by atoms with Crippen molar-refractivity contribution in [2.75, 3.05) is 13.1 Å². The van der Waals surface area contributed by atoms with Crippen LogP contribution in [0.1, 0.15) is 61.9 Å². The maximum Gasteiger partial charge on any atom is 0.120 e. The molecule has 1 fully saturated rings. The highest BCUT2D eigenvalue weighted by molar-refractivity contribution is 7.11. The summed E-state index contributed by atoms with van der Waals surface area (Å²) in [6.45, 7) is 6.66. The van der Waals surface area contributed by atoms with Gasteiger partial charge in [0.25, 0.3) is 0 Å². The third-order valence-corrected chi connectivity index (χ3v) is 4.99. The van der Waals surface area contributed by atoms with Crippen LogP contribution in [-0.2, 0) is 6.42 Å². The molecule has 0 amide bonds. The second kappa shape index (κ2) is 7.19. The smallest absolute Gasteiger partial charge is 0.120 e. The van der Waals surface area contributed by atoms with E-state index < -0.39 is 0 Å². The number of rotatable bonds is 6. The average molecular weight is 267 g/mol. The molecule has 102 valence electrons. The molecule has 3 nitrogen and oxygen atoms in total. The summed E-state index contributed by atoms with van der Waals surface area (Å²) >= 11 is 1.85. The molecule has 1 saturated carbocycles. The summed E-state index contributed by atoms with van der Waals surface area (Å²) in [6, 6.07) is 0. The van der Waals surface area contributed by atoms with E-state index in [1.807, 2.05) is 11.3 Å². The Kier molecular flexibility index (Phi) is 5.57. The van der Waals surface area contributed by atoms with E-state index in [0.717, 1.165) is 25.4 Å². The zero-order valence-corrected chi connectivity index (χ0v) is 12.4. The van der Waals surface area contributed by atoms with Crippen molar-refractivity contribution in [3.8, 4) is 0 Å². The second-order valence-electron chi connectivity index (χ2n) is 5.45. The number of aromatic nitrogens is 2. The van der Waals surface area contributed by atoms with Gasteiger partial charge in [-0.15, -0.1) is 21.5 Å². The van der Waals surface area contributed by atoms with Crippen LogP contribution in [0.5, 0.6) is 0 Å². The van der Waals surface area contributed by atoms with E-state index in [2.05, 4.69) is 29.4 Å². The summed E-state index contributed by atoms with van der Waals surface area (Å²) in [5.74, 6) is 1.61. The van der Waals surface area contributed by atoms with Gasteiger partial charge in [0.15, 0.2) is 0 Å². The van der Waals surface area contributed by atoms with E-state index >= 15 is 0 Å². The molecule has 0 spiro atoms. The Hall–Kier alpha value is -0.480. The lowest BCUT2D eigenvalue weighted by Crippen LogP contribution is -2.14. The number of aryl methyl sites for hydroxylation is 1. The quantitative estimate of drug-likeness (QED) is 0.803. The molecule has 1 aliphatic carbocycles. The third kappa shape index (κ3) is 4.02. The molecule has 1 N–H and O–H groups in total. The third-order valence-electron chi connectivity index (χ3n) is 3.84. The summed E-state index contributed by atoms with van der Waals surface area (Å²) in [6.07, 6.45) is 7.60. The minimum absolute atomic E-state index is 0.696. The summed E-state index contributed by atoms with van der Waals surface area (Å²) in [5.41, 5.74) is 0. The van der Waals surface area contributed by atoms with Gasteiger partial charge in [0.2, 0.25) is 0 Å². The van der Waals surface area contributed by atoms with E-state index in [9.17, 15) is 0 Å². The van der Waals surface area contributed by atoms with E-state index in [1.165, 1.54) is 42.1 Å². The van der Waals surface area contributed by atoms with Gasteiger partial charge in [-0.3, -0.25) is 0 Å². The fourth-order valence-electron chi connectivity index (χ4n) is 2.58. The first-order valence-electron chi connectivity index (χ1n) is 7.32. The lowest BCUT2D eigenvalue weighted by Gasteiger charge is -2.23. The molecule has 0 atom stereocenters. The standard InChI is InChI=1S/C14H25N3S/c1-3-15-10-4-5-13-16-17-14(18-13)12-8-6-11(2)7-9-12/h11-12,15H,3-10H2,1-2H3. The maximum absolute atomic E-state index is 4.41. The Morgan fingerprint density at radius 1 is 1.22 bits per heavy atom. The molecule has 4 heteroatoms. The van der Waals surface area contributed by atoms with Crippen molar-refractivity contribution < 1.29 is 0 Å². The van der Waals surface area contributed by atoms with Crippen LogP contribution in [0.4, 0.5) is 0 Å². The Labute approximate surface area is 114 Å². The minimum atomic E-state index is 0.696. The van der Waals surface area contributed by atoms with Gasteiger partial charge in [0.1, 0.15) is 10.0 Å². The van der Waals surface area contributed by atoms with Gasteiger partial charge in [-0.05, 0) is 38.3 Å². The number of nitrogens with one attached hydrogen (secondary N) is 1. The van der Waals surface area contributed by atoms with Crippen molar-refractivity contribution in [1.82, 2.24) is 15.5 Å². The van der Waals surface area contributed by atoms with E-state index in [-0.39, 0.29) is 0 Å². The van der Waals surface area contributed by atoms with Gasteiger partial charge in [0.05, 0.1) is 0 Å². The molecule has 0 radical (unpaired) electrons. The van der Waals surface area contributed by atoms with Gasteiger partial charge < -0.3 is 5.32 Å². The van der Waals surface area contributed by atoms with Crippen molar-refractivity contribution in [3.63, 3.8) is 0 Å². The average Bonchev–Trinajstić information content (AvgIpc) is 2.84. The van der Waals surface area contributed by atoms with Crippen LogP contribution in [0, 0.1) is 5.92 Å². The summed E-state index contributed by atoms with van der Waals surface area (Å²) in [7, 11) is 0. The van der Waals surface area contributed by atoms with Gasteiger partial charge in [-0.25, -0.2) is 0 Å². The predicted molar refractivity (Wildman–Crippen MR) is 77.1 cm³/mol. The van der Waals surface area contributed by atoms with E-state index in [0.29, 0.717) is 5.92 Å². The van der Waals surface area contributed by atoms with Crippen molar-refractivity contribution in [2.24, 2.45) is 5.92 Å². The molecule has 0 saturated heterocycles. The lowest BCUT2D eigenvalue weighted by molar-refractivity contribution is 0.346. The molecule has 1 heterocycles. The molecule has 0 aliphatic heterocycles. The SMILES string of the molecule is CCNCCCc1nnc(C2CCC(C)CC2)s1. The summed E-state index contributed by atoms with van der Waals surface area (Å²) < 4.78 is 0. The second-order valence-corrected chi connectivity index (χ2v) is 6.54. The van der Waals surface area contributed by atoms with Gasteiger partial charge in [-0.2, -0.15) is 0 Å². The lowest BCUT2D eigenvalue weighted by atomic mass is 9.83. The van der Waals surface area contributed by atoms with Crippen molar-refractivity contribution in [2.45, 2.75) is 58.3 Å². The monoisotopic (exact) mass is 267 g/mol. The minimum Gasteiger partial charge on any atom is -0.317 e. The molecular formula is C14H25N3S. The van der Waals surface area contributed by atoms with Crippen LogP contribution in [0.25, 0.3) is 0 Å². The Balaban J connectivity index is 1.78. The fourth-order valence-corrected chi connectivity index (χ4v) is 3.63. The molecule has 0 bridgehead atoms. The van der Waals surface area contributed by atoms with Crippen LogP contribution in [0.2, 0.25) is 0 Å². The summed E-state index contributed by atoms with van der Waals surface area (Å²) in [4.78, 5) is 0. The highest BCUT2D eigenvalue weighted by Gasteiger charge is 2.22. The molecule has 1 aromatic rings.